The van der Waals surface area contributed by atoms with Gasteiger partial charge in [-0.25, -0.2) is 0 Å². The van der Waals surface area contributed by atoms with Crippen LogP contribution in [0.5, 0.6) is 11.5 Å². The van der Waals surface area contributed by atoms with Gasteiger partial charge >= 0.3 is 0 Å². The maximum absolute atomic E-state index is 13.0. The van der Waals surface area contributed by atoms with Crippen LogP contribution in [0.25, 0.3) is 0 Å². The van der Waals surface area contributed by atoms with Crippen LogP contribution in [0.1, 0.15) is 17.3 Å². The Morgan fingerprint density at radius 2 is 1.61 bits per heavy atom. The summed E-state index contributed by atoms with van der Waals surface area (Å²) >= 11 is 12.1. The summed E-state index contributed by atoms with van der Waals surface area (Å²) in [7, 11) is 0. The zero-order valence-corrected chi connectivity index (χ0v) is 18.3. The fraction of sp³-hybridized carbons (Fsp3) is 0.167. The first-order valence-corrected chi connectivity index (χ1v) is 10.6. The van der Waals surface area contributed by atoms with Gasteiger partial charge in [-0.3, -0.25) is 9.59 Å². The number of benzene rings is 3. The predicted octanol–water partition coefficient (Wildman–Crippen LogP) is 5.66. The van der Waals surface area contributed by atoms with Crippen molar-refractivity contribution in [2.75, 3.05) is 18.0 Å². The Hall–Kier alpha value is -3.02. The van der Waals surface area contributed by atoms with Crippen molar-refractivity contribution < 1.29 is 14.3 Å². The topological polar surface area (TPSA) is 49.9 Å². The number of hydrogen-bond donors (Lipinski definition) is 0. The van der Waals surface area contributed by atoms with E-state index in [0.717, 1.165) is 11.4 Å². The second-order valence-electron chi connectivity index (χ2n) is 7.20. The smallest absolute Gasteiger partial charge is 0.256 e. The van der Waals surface area contributed by atoms with Gasteiger partial charge in [-0.05, 0) is 61.5 Å². The molecular formula is C24H20Cl2N2O3. The molecule has 5 nitrogen and oxygen atoms in total. The molecule has 4 rings (SSSR count). The van der Waals surface area contributed by atoms with Crippen LogP contribution >= 0.6 is 23.2 Å². The number of anilines is 1. The first kappa shape index (κ1) is 21.2. The molecule has 1 fully saturated rings. The molecule has 7 heteroatoms. The van der Waals surface area contributed by atoms with E-state index in [9.17, 15) is 9.59 Å². The van der Waals surface area contributed by atoms with E-state index in [0.29, 0.717) is 29.4 Å². The van der Waals surface area contributed by atoms with Crippen molar-refractivity contribution in [3.8, 4) is 11.5 Å². The minimum Gasteiger partial charge on any atom is -0.457 e. The molecular weight excluding hydrogens is 435 g/mol. The van der Waals surface area contributed by atoms with E-state index in [2.05, 4.69) is 0 Å². The Labute approximate surface area is 190 Å². The third kappa shape index (κ3) is 4.53. The number of halogens is 2. The van der Waals surface area contributed by atoms with E-state index in [-0.39, 0.29) is 16.8 Å². The molecule has 0 N–H and O–H groups in total. The summed E-state index contributed by atoms with van der Waals surface area (Å²) in [4.78, 5) is 29.2. The van der Waals surface area contributed by atoms with Gasteiger partial charge in [-0.2, -0.15) is 0 Å². The van der Waals surface area contributed by atoms with Gasteiger partial charge in [0.25, 0.3) is 5.91 Å². The van der Waals surface area contributed by atoms with Crippen LogP contribution in [0.4, 0.5) is 5.69 Å². The second kappa shape index (κ2) is 9.00. The quantitative estimate of drug-likeness (QED) is 0.510. The largest absolute Gasteiger partial charge is 0.457 e. The molecule has 1 saturated heterocycles. The molecule has 0 spiro atoms. The lowest BCUT2D eigenvalue weighted by atomic mass is 10.1. The molecule has 1 heterocycles. The molecule has 1 aliphatic heterocycles. The molecule has 31 heavy (non-hydrogen) atoms. The van der Waals surface area contributed by atoms with E-state index in [1.165, 1.54) is 6.07 Å². The van der Waals surface area contributed by atoms with Gasteiger partial charge in [0.05, 0.1) is 10.6 Å². The third-order valence-electron chi connectivity index (χ3n) is 5.21. The van der Waals surface area contributed by atoms with Crippen LogP contribution in [0.15, 0.2) is 72.8 Å². The highest BCUT2D eigenvalue weighted by Gasteiger charge is 2.35. The van der Waals surface area contributed by atoms with E-state index in [4.69, 9.17) is 27.9 Å². The minimum atomic E-state index is -0.617. The van der Waals surface area contributed by atoms with Gasteiger partial charge in [-0.1, -0.05) is 41.4 Å². The average Bonchev–Trinajstić information content (AvgIpc) is 2.77. The van der Waals surface area contributed by atoms with E-state index in [1.54, 1.807) is 28.9 Å². The number of hydrogen-bond acceptors (Lipinski definition) is 3. The fourth-order valence-electron chi connectivity index (χ4n) is 3.54. The van der Waals surface area contributed by atoms with Crippen molar-refractivity contribution in [1.82, 2.24) is 4.90 Å². The van der Waals surface area contributed by atoms with E-state index in [1.807, 2.05) is 54.6 Å². The van der Waals surface area contributed by atoms with Crippen LogP contribution in [0.2, 0.25) is 10.0 Å². The van der Waals surface area contributed by atoms with Gasteiger partial charge < -0.3 is 14.5 Å². The Balaban J connectivity index is 1.46. The molecule has 158 valence electrons. The van der Waals surface area contributed by atoms with E-state index >= 15 is 0 Å². The average molecular weight is 455 g/mol. The zero-order chi connectivity index (χ0) is 22.0. The van der Waals surface area contributed by atoms with Gasteiger partial charge in [-0.15, -0.1) is 0 Å². The number of rotatable bonds is 4. The predicted molar refractivity (Wildman–Crippen MR) is 122 cm³/mol. The first-order valence-electron chi connectivity index (χ1n) is 9.84. The van der Waals surface area contributed by atoms with Crippen molar-refractivity contribution in [2.45, 2.75) is 13.0 Å². The molecule has 1 atom stereocenters. The van der Waals surface area contributed by atoms with Gasteiger partial charge in [0, 0.05) is 23.8 Å². The highest BCUT2D eigenvalue weighted by Crippen LogP contribution is 2.28. The van der Waals surface area contributed by atoms with Crippen LogP contribution in [-0.4, -0.2) is 35.8 Å². The Kier molecular flexibility index (Phi) is 6.16. The number of carbonyl (C=O) groups is 2. The van der Waals surface area contributed by atoms with Gasteiger partial charge in [0.2, 0.25) is 5.91 Å². The molecule has 0 aliphatic carbocycles. The van der Waals surface area contributed by atoms with Gasteiger partial charge in [0.1, 0.15) is 17.5 Å². The molecule has 0 aromatic heterocycles. The maximum Gasteiger partial charge on any atom is 0.256 e. The summed E-state index contributed by atoms with van der Waals surface area (Å²) in [5, 5.41) is 0.726. The summed E-state index contributed by atoms with van der Waals surface area (Å²) in [5.74, 6) is 0.991. The lowest BCUT2D eigenvalue weighted by Gasteiger charge is -2.39. The number of ether oxygens (including phenoxy) is 1. The molecule has 0 radical (unpaired) electrons. The number of amides is 2. The third-order valence-corrected chi connectivity index (χ3v) is 5.75. The monoisotopic (exact) mass is 454 g/mol. The summed E-state index contributed by atoms with van der Waals surface area (Å²) in [6.07, 6.45) is 0. The number of para-hydroxylation sites is 1. The summed E-state index contributed by atoms with van der Waals surface area (Å²) in [5.41, 5.74) is 1.09. The van der Waals surface area contributed by atoms with Crippen LogP contribution in [0, 0.1) is 0 Å². The molecule has 0 unspecified atom stereocenters. The molecule has 3 aromatic rings. The highest BCUT2D eigenvalue weighted by molar-refractivity contribution is 6.36. The van der Waals surface area contributed by atoms with Crippen molar-refractivity contribution in [2.24, 2.45) is 0 Å². The van der Waals surface area contributed by atoms with Crippen LogP contribution in [0.3, 0.4) is 0 Å². The zero-order valence-electron chi connectivity index (χ0n) is 16.8. The molecule has 3 aromatic carbocycles. The number of piperazine rings is 1. The SMILES string of the molecule is C[C@@H]1C(=O)N(c2ccc(Oc3ccccc3)cc2)CCN1C(=O)c1ccc(Cl)cc1Cl. The Morgan fingerprint density at radius 1 is 0.935 bits per heavy atom. The second-order valence-corrected chi connectivity index (χ2v) is 8.04. The summed E-state index contributed by atoms with van der Waals surface area (Å²) < 4.78 is 5.81. The Bertz CT molecular complexity index is 1100. The lowest BCUT2D eigenvalue weighted by Crippen LogP contribution is -2.57. The maximum atomic E-state index is 13.0. The summed E-state index contributed by atoms with van der Waals surface area (Å²) in [6, 6.07) is 20.9. The van der Waals surface area contributed by atoms with E-state index < -0.39 is 6.04 Å². The van der Waals surface area contributed by atoms with Crippen molar-refractivity contribution in [3.63, 3.8) is 0 Å². The number of carbonyl (C=O) groups excluding carboxylic acids is 2. The highest BCUT2D eigenvalue weighted by atomic mass is 35.5. The number of nitrogens with zero attached hydrogens (tertiary/aromatic N) is 2. The fourth-order valence-corrected chi connectivity index (χ4v) is 4.03. The minimum absolute atomic E-state index is 0.151. The molecule has 0 saturated carbocycles. The first-order chi connectivity index (χ1) is 14.9. The van der Waals surface area contributed by atoms with Crippen LogP contribution in [-0.2, 0) is 4.79 Å². The molecule has 1 aliphatic rings. The standard InChI is InChI=1S/C24H20Cl2N2O3/c1-16-23(29)28(14-13-27(16)24(30)21-12-7-17(25)15-22(21)26)18-8-10-20(11-9-18)31-19-5-3-2-4-6-19/h2-12,15-16H,13-14H2,1H3/t16-/m1/s1. The lowest BCUT2D eigenvalue weighted by molar-refractivity contribution is -0.124. The van der Waals surface area contributed by atoms with Crippen molar-refractivity contribution in [1.29, 1.82) is 0 Å². The van der Waals surface area contributed by atoms with Crippen molar-refractivity contribution in [3.05, 3.63) is 88.4 Å². The molecule has 2 amide bonds. The van der Waals surface area contributed by atoms with Gasteiger partial charge in [0.15, 0.2) is 0 Å². The van der Waals surface area contributed by atoms with Crippen LogP contribution < -0.4 is 9.64 Å². The Morgan fingerprint density at radius 3 is 2.29 bits per heavy atom. The normalized spacial score (nSPS) is 16.4. The molecule has 0 bridgehead atoms. The van der Waals surface area contributed by atoms with Crippen molar-refractivity contribution >= 4 is 40.7 Å². The summed E-state index contributed by atoms with van der Waals surface area (Å²) in [6.45, 7) is 2.51.